The number of carbonyl (C=O) groups excluding carboxylic acids is 2. The summed E-state index contributed by atoms with van der Waals surface area (Å²) in [5.74, 6) is 1.52. The number of methoxy groups -OCH3 is 2. The van der Waals surface area contributed by atoms with E-state index in [2.05, 4.69) is 5.32 Å². The number of hydrogen-bond donors (Lipinski definition) is 1. The predicted molar refractivity (Wildman–Crippen MR) is 112 cm³/mol. The lowest BCUT2D eigenvalue weighted by atomic mass is 10.0. The predicted octanol–water partition coefficient (Wildman–Crippen LogP) is 3.57. The first-order chi connectivity index (χ1) is 14.1. The molecule has 2 aromatic carbocycles. The first-order valence-corrected chi connectivity index (χ1v) is 10.0. The molecule has 1 fully saturated rings. The van der Waals surface area contributed by atoms with Gasteiger partial charge in [0.2, 0.25) is 11.8 Å². The molecule has 1 aliphatic carbocycles. The van der Waals surface area contributed by atoms with Crippen molar-refractivity contribution >= 4 is 23.2 Å². The molecular formula is C23H26N2O4. The summed E-state index contributed by atoms with van der Waals surface area (Å²) in [5, 5.41) is 2.96. The average Bonchev–Trinajstić information content (AvgIpc) is 3.58. The lowest BCUT2D eigenvalue weighted by Crippen LogP contribution is -2.36. The summed E-state index contributed by atoms with van der Waals surface area (Å²) in [6.07, 6.45) is 4.15. The van der Waals surface area contributed by atoms with Crippen LogP contribution in [0.3, 0.4) is 0 Å². The van der Waals surface area contributed by atoms with E-state index < -0.39 is 0 Å². The van der Waals surface area contributed by atoms with Crippen LogP contribution in [0, 0.1) is 5.92 Å². The molecule has 0 aromatic heterocycles. The van der Waals surface area contributed by atoms with E-state index in [1.165, 1.54) is 5.56 Å². The molecule has 2 aliphatic rings. The maximum atomic E-state index is 12.6. The topological polar surface area (TPSA) is 67.9 Å². The first kappa shape index (κ1) is 19.3. The van der Waals surface area contributed by atoms with E-state index in [1.807, 2.05) is 29.2 Å². The fourth-order valence-electron chi connectivity index (χ4n) is 3.81. The fraction of sp³-hybridized carbons (Fsp3) is 0.391. The molecule has 152 valence electrons. The van der Waals surface area contributed by atoms with Crippen LogP contribution in [0.25, 0.3) is 0 Å². The molecule has 6 heteroatoms. The Hall–Kier alpha value is -3.02. The SMILES string of the molecule is COc1ccc(CC(=O)Nc2ccc3c(c2)N(C(=O)C2CC2)CCC3)cc1OC. The van der Waals surface area contributed by atoms with Crippen molar-refractivity contribution in [2.75, 3.05) is 31.0 Å². The van der Waals surface area contributed by atoms with Crippen LogP contribution in [-0.2, 0) is 22.4 Å². The van der Waals surface area contributed by atoms with Gasteiger partial charge in [-0.2, -0.15) is 0 Å². The minimum Gasteiger partial charge on any atom is -0.493 e. The van der Waals surface area contributed by atoms with Crippen LogP contribution in [-0.4, -0.2) is 32.6 Å². The van der Waals surface area contributed by atoms with Crippen LogP contribution < -0.4 is 19.7 Å². The molecule has 1 N–H and O–H groups in total. The number of aryl methyl sites for hydroxylation is 1. The van der Waals surface area contributed by atoms with Gasteiger partial charge in [0, 0.05) is 23.8 Å². The number of anilines is 2. The van der Waals surface area contributed by atoms with Crippen LogP contribution in [0.4, 0.5) is 11.4 Å². The fourth-order valence-corrected chi connectivity index (χ4v) is 3.81. The average molecular weight is 394 g/mol. The van der Waals surface area contributed by atoms with Crippen molar-refractivity contribution in [1.29, 1.82) is 0 Å². The van der Waals surface area contributed by atoms with Gasteiger partial charge in [-0.3, -0.25) is 9.59 Å². The number of fused-ring (bicyclic) bond motifs is 1. The normalized spacial score (nSPS) is 15.4. The third kappa shape index (κ3) is 4.21. The zero-order valence-corrected chi connectivity index (χ0v) is 16.9. The molecule has 0 spiro atoms. The van der Waals surface area contributed by atoms with Gasteiger partial charge in [-0.1, -0.05) is 12.1 Å². The van der Waals surface area contributed by atoms with Gasteiger partial charge < -0.3 is 19.7 Å². The molecule has 0 unspecified atom stereocenters. The van der Waals surface area contributed by atoms with Crippen LogP contribution in [0.2, 0.25) is 0 Å². The second-order valence-corrected chi connectivity index (χ2v) is 7.63. The molecule has 2 amide bonds. The molecule has 0 radical (unpaired) electrons. The number of amides is 2. The Morgan fingerprint density at radius 3 is 2.59 bits per heavy atom. The molecule has 4 rings (SSSR count). The maximum Gasteiger partial charge on any atom is 0.230 e. The summed E-state index contributed by atoms with van der Waals surface area (Å²) in [5.41, 5.74) is 3.66. The molecule has 0 atom stereocenters. The van der Waals surface area contributed by atoms with E-state index in [1.54, 1.807) is 26.4 Å². The number of hydrogen-bond acceptors (Lipinski definition) is 4. The van der Waals surface area contributed by atoms with E-state index in [-0.39, 0.29) is 24.2 Å². The monoisotopic (exact) mass is 394 g/mol. The van der Waals surface area contributed by atoms with E-state index >= 15 is 0 Å². The second kappa shape index (κ2) is 8.15. The smallest absolute Gasteiger partial charge is 0.230 e. The van der Waals surface area contributed by atoms with E-state index in [0.717, 1.165) is 43.5 Å². The molecule has 0 bridgehead atoms. The van der Waals surface area contributed by atoms with Crippen molar-refractivity contribution in [3.8, 4) is 11.5 Å². The van der Waals surface area contributed by atoms with E-state index in [9.17, 15) is 9.59 Å². The van der Waals surface area contributed by atoms with Crippen LogP contribution in [0.1, 0.15) is 30.4 Å². The number of nitrogens with one attached hydrogen (secondary N) is 1. The number of rotatable bonds is 6. The Morgan fingerprint density at radius 2 is 1.86 bits per heavy atom. The summed E-state index contributed by atoms with van der Waals surface area (Å²) < 4.78 is 10.5. The highest BCUT2D eigenvalue weighted by atomic mass is 16.5. The summed E-state index contributed by atoms with van der Waals surface area (Å²) in [6.45, 7) is 0.755. The third-order valence-electron chi connectivity index (χ3n) is 5.49. The van der Waals surface area contributed by atoms with E-state index in [0.29, 0.717) is 17.2 Å². The van der Waals surface area contributed by atoms with Gasteiger partial charge in [0.1, 0.15) is 0 Å². The van der Waals surface area contributed by atoms with Crippen molar-refractivity contribution in [1.82, 2.24) is 0 Å². The third-order valence-corrected chi connectivity index (χ3v) is 5.49. The minimum absolute atomic E-state index is 0.118. The molecule has 2 aromatic rings. The highest BCUT2D eigenvalue weighted by molar-refractivity contribution is 5.99. The summed E-state index contributed by atoms with van der Waals surface area (Å²) in [7, 11) is 3.15. The van der Waals surface area contributed by atoms with Crippen molar-refractivity contribution in [3.05, 3.63) is 47.5 Å². The summed E-state index contributed by atoms with van der Waals surface area (Å²) in [4.78, 5) is 27.1. The maximum absolute atomic E-state index is 12.6. The highest BCUT2D eigenvalue weighted by Gasteiger charge is 2.35. The number of nitrogens with zero attached hydrogens (tertiary/aromatic N) is 1. The zero-order valence-electron chi connectivity index (χ0n) is 16.9. The molecule has 1 aliphatic heterocycles. The summed E-state index contributed by atoms with van der Waals surface area (Å²) in [6, 6.07) is 11.3. The van der Waals surface area contributed by atoms with Gasteiger partial charge in [0.25, 0.3) is 0 Å². The van der Waals surface area contributed by atoms with Gasteiger partial charge in [-0.05, 0) is 61.1 Å². The van der Waals surface area contributed by atoms with Gasteiger partial charge in [-0.25, -0.2) is 0 Å². The Balaban J connectivity index is 1.47. The molecular weight excluding hydrogens is 368 g/mol. The van der Waals surface area contributed by atoms with Crippen LogP contribution in [0.15, 0.2) is 36.4 Å². The Bertz CT molecular complexity index is 936. The van der Waals surface area contributed by atoms with Gasteiger partial charge in [-0.15, -0.1) is 0 Å². The van der Waals surface area contributed by atoms with Crippen molar-refractivity contribution in [2.24, 2.45) is 5.92 Å². The lowest BCUT2D eigenvalue weighted by Gasteiger charge is -2.30. The molecule has 6 nitrogen and oxygen atoms in total. The van der Waals surface area contributed by atoms with Gasteiger partial charge in [0.05, 0.1) is 20.6 Å². The highest BCUT2D eigenvalue weighted by Crippen LogP contribution is 2.37. The van der Waals surface area contributed by atoms with Crippen molar-refractivity contribution < 1.29 is 19.1 Å². The standard InChI is InChI=1S/C23H26N2O4/c1-28-20-10-5-15(12-21(20)29-2)13-22(26)24-18-9-8-16-4-3-11-25(19(16)14-18)23(27)17-6-7-17/h5,8-10,12,14,17H,3-4,6-7,11,13H2,1-2H3,(H,24,26). The quantitative estimate of drug-likeness (QED) is 0.813. The van der Waals surface area contributed by atoms with Crippen molar-refractivity contribution in [2.45, 2.75) is 32.1 Å². The summed E-state index contributed by atoms with van der Waals surface area (Å²) >= 11 is 0. The first-order valence-electron chi connectivity index (χ1n) is 10.0. The number of ether oxygens (including phenoxy) is 2. The molecule has 1 heterocycles. The molecule has 1 saturated carbocycles. The van der Waals surface area contributed by atoms with E-state index in [4.69, 9.17) is 9.47 Å². The van der Waals surface area contributed by atoms with Crippen LogP contribution in [0.5, 0.6) is 11.5 Å². The molecule has 29 heavy (non-hydrogen) atoms. The Kier molecular flexibility index (Phi) is 5.43. The van der Waals surface area contributed by atoms with Gasteiger partial charge in [0.15, 0.2) is 11.5 Å². The Labute approximate surface area is 170 Å². The second-order valence-electron chi connectivity index (χ2n) is 7.63. The largest absolute Gasteiger partial charge is 0.493 e. The number of carbonyl (C=O) groups is 2. The molecule has 0 saturated heterocycles. The minimum atomic E-state index is -0.118. The van der Waals surface area contributed by atoms with Crippen LogP contribution >= 0.6 is 0 Å². The van der Waals surface area contributed by atoms with Crippen molar-refractivity contribution in [3.63, 3.8) is 0 Å². The zero-order chi connectivity index (χ0) is 20.4. The van der Waals surface area contributed by atoms with Gasteiger partial charge >= 0.3 is 0 Å². The number of benzene rings is 2. The Morgan fingerprint density at radius 1 is 1.07 bits per heavy atom. The lowest BCUT2D eigenvalue weighted by molar-refractivity contribution is -0.120.